The number of carbonyl (C=O) groups excluding carboxylic acids is 2. The molecule has 1 heterocycles. The zero-order valence-corrected chi connectivity index (χ0v) is 16.6. The summed E-state index contributed by atoms with van der Waals surface area (Å²) in [5.74, 6) is 0.682. The smallest absolute Gasteiger partial charge is 0.307 e. The molecule has 0 aliphatic rings. The average Bonchev–Trinajstić information content (AvgIpc) is 3.07. The van der Waals surface area contributed by atoms with Gasteiger partial charge in [0, 0.05) is 12.1 Å². The van der Waals surface area contributed by atoms with Crippen molar-refractivity contribution in [2.24, 2.45) is 4.99 Å². The quantitative estimate of drug-likeness (QED) is 0.594. The lowest BCUT2D eigenvalue weighted by Gasteiger charge is -2.05. The molecule has 0 unspecified atom stereocenters. The normalized spacial score (nSPS) is 11.5. The van der Waals surface area contributed by atoms with Crippen molar-refractivity contribution in [3.63, 3.8) is 0 Å². The van der Waals surface area contributed by atoms with Crippen molar-refractivity contribution in [1.82, 2.24) is 4.57 Å². The molecule has 0 saturated heterocycles. The van der Waals surface area contributed by atoms with Crippen molar-refractivity contribution in [2.75, 3.05) is 21.3 Å². The van der Waals surface area contributed by atoms with Gasteiger partial charge in [-0.25, -0.2) is 0 Å². The minimum Gasteiger partial charge on any atom is -0.497 e. The Bertz CT molecular complexity index is 1070. The van der Waals surface area contributed by atoms with Crippen molar-refractivity contribution in [2.45, 2.75) is 13.0 Å². The lowest BCUT2D eigenvalue weighted by atomic mass is 10.2. The summed E-state index contributed by atoms with van der Waals surface area (Å²) in [4.78, 5) is 29.0. The summed E-state index contributed by atoms with van der Waals surface area (Å²) in [6.45, 7) is 0.355. The SMILES string of the molecule is COC(=O)CCn1c(=NC(=O)c2ccc(OC)cc2)sc2cc(OC)ccc21. The number of nitrogens with zero attached hydrogens (tertiary/aromatic N) is 2. The molecular formula is C20H20N2O5S. The molecule has 0 spiro atoms. The molecule has 0 saturated carbocycles. The Labute approximate surface area is 165 Å². The Morgan fingerprint density at radius 1 is 1.00 bits per heavy atom. The fourth-order valence-corrected chi connectivity index (χ4v) is 3.76. The number of carbonyl (C=O) groups is 2. The zero-order chi connectivity index (χ0) is 20.1. The maximum atomic E-state index is 12.6. The Balaban J connectivity index is 2.04. The fourth-order valence-electron chi connectivity index (χ4n) is 2.67. The van der Waals surface area contributed by atoms with Gasteiger partial charge in [0.1, 0.15) is 11.5 Å². The monoisotopic (exact) mass is 400 g/mol. The number of benzene rings is 2. The lowest BCUT2D eigenvalue weighted by molar-refractivity contribution is -0.140. The Morgan fingerprint density at radius 2 is 1.68 bits per heavy atom. The summed E-state index contributed by atoms with van der Waals surface area (Å²) in [5, 5.41) is 0. The molecule has 28 heavy (non-hydrogen) atoms. The first kappa shape index (κ1) is 19.6. The number of hydrogen-bond acceptors (Lipinski definition) is 6. The number of rotatable bonds is 6. The lowest BCUT2D eigenvalue weighted by Crippen LogP contribution is -2.19. The molecule has 3 rings (SSSR count). The Kier molecular flexibility index (Phi) is 6.10. The second-order valence-electron chi connectivity index (χ2n) is 5.84. The van der Waals surface area contributed by atoms with Crippen LogP contribution in [0.3, 0.4) is 0 Å². The molecule has 0 radical (unpaired) electrons. The topological polar surface area (TPSA) is 79.1 Å². The first-order chi connectivity index (χ1) is 13.5. The van der Waals surface area contributed by atoms with Gasteiger partial charge < -0.3 is 18.8 Å². The highest BCUT2D eigenvalue weighted by atomic mass is 32.1. The van der Waals surface area contributed by atoms with E-state index in [4.69, 9.17) is 14.2 Å². The second kappa shape index (κ2) is 8.71. The number of fused-ring (bicyclic) bond motifs is 1. The minimum atomic E-state index is -0.368. The number of amides is 1. The van der Waals surface area contributed by atoms with Crippen LogP contribution < -0.4 is 14.3 Å². The molecule has 0 aliphatic carbocycles. The van der Waals surface area contributed by atoms with Crippen molar-refractivity contribution >= 4 is 33.4 Å². The van der Waals surface area contributed by atoms with E-state index in [1.165, 1.54) is 18.4 Å². The van der Waals surface area contributed by atoms with Gasteiger partial charge in [0.25, 0.3) is 5.91 Å². The molecule has 1 amide bonds. The number of aromatic nitrogens is 1. The molecule has 0 fully saturated rings. The van der Waals surface area contributed by atoms with Crippen molar-refractivity contribution < 1.29 is 23.8 Å². The van der Waals surface area contributed by atoms with Crippen LogP contribution in [0.4, 0.5) is 0 Å². The summed E-state index contributed by atoms with van der Waals surface area (Å²) in [5.41, 5.74) is 1.33. The molecular weight excluding hydrogens is 380 g/mol. The van der Waals surface area contributed by atoms with Crippen LogP contribution in [-0.2, 0) is 16.1 Å². The number of aryl methyl sites for hydroxylation is 1. The summed E-state index contributed by atoms with van der Waals surface area (Å²) < 4.78 is 17.9. The predicted molar refractivity (Wildman–Crippen MR) is 106 cm³/mol. The van der Waals surface area contributed by atoms with Crippen molar-refractivity contribution in [3.05, 3.63) is 52.8 Å². The van der Waals surface area contributed by atoms with Gasteiger partial charge in [0.15, 0.2) is 4.80 Å². The van der Waals surface area contributed by atoms with E-state index < -0.39 is 0 Å². The largest absolute Gasteiger partial charge is 0.497 e. The van der Waals surface area contributed by atoms with Gasteiger partial charge in [0.05, 0.1) is 38.0 Å². The highest BCUT2D eigenvalue weighted by Gasteiger charge is 2.12. The van der Waals surface area contributed by atoms with E-state index in [9.17, 15) is 9.59 Å². The van der Waals surface area contributed by atoms with Crippen LogP contribution in [0.25, 0.3) is 10.2 Å². The van der Waals surface area contributed by atoms with E-state index in [1.807, 2.05) is 22.8 Å². The third-order valence-corrected chi connectivity index (χ3v) is 5.23. The maximum absolute atomic E-state index is 12.6. The van der Waals surface area contributed by atoms with Crippen LogP contribution in [0, 0.1) is 0 Å². The molecule has 0 atom stereocenters. The van der Waals surface area contributed by atoms with Crippen molar-refractivity contribution in [3.8, 4) is 11.5 Å². The fraction of sp³-hybridized carbons (Fsp3) is 0.250. The molecule has 3 aromatic rings. The second-order valence-corrected chi connectivity index (χ2v) is 6.85. The van der Waals surface area contributed by atoms with Crippen LogP contribution >= 0.6 is 11.3 Å². The van der Waals surface area contributed by atoms with E-state index >= 15 is 0 Å². The number of hydrogen-bond donors (Lipinski definition) is 0. The minimum absolute atomic E-state index is 0.179. The molecule has 0 N–H and O–H groups in total. The van der Waals surface area contributed by atoms with Crippen LogP contribution in [0.2, 0.25) is 0 Å². The molecule has 0 bridgehead atoms. The summed E-state index contributed by atoms with van der Waals surface area (Å²) in [7, 11) is 4.51. The van der Waals surface area contributed by atoms with Gasteiger partial charge in [-0.2, -0.15) is 4.99 Å². The Morgan fingerprint density at radius 3 is 2.32 bits per heavy atom. The molecule has 1 aromatic heterocycles. The van der Waals surface area contributed by atoms with Gasteiger partial charge in [0.2, 0.25) is 0 Å². The molecule has 146 valence electrons. The van der Waals surface area contributed by atoms with E-state index in [-0.39, 0.29) is 18.3 Å². The highest BCUT2D eigenvalue weighted by Crippen LogP contribution is 2.23. The van der Waals surface area contributed by atoms with E-state index in [0.717, 1.165) is 10.2 Å². The average molecular weight is 400 g/mol. The zero-order valence-electron chi connectivity index (χ0n) is 15.8. The van der Waals surface area contributed by atoms with E-state index in [0.29, 0.717) is 28.4 Å². The summed E-state index contributed by atoms with van der Waals surface area (Å²) in [6.07, 6.45) is 0.179. The molecule has 8 heteroatoms. The summed E-state index contributed by atoms with van der Waals surface area (Å²) >= 11 is 1.36. The van der Waals surface area contributed by atoms with Crippen molar-refractivity contribution in [1.29, 1.82) is 0 Å². The van der Waals surface area contributed by atoms with Crippen LogP contribution in [0.15, 0.2) is 47.5 Å². The van der Waals surface area contributed by atoms with Crippen LogP contribution in [-0.4, -0.2) is 37.8 Å². The predicted octanol–water partition coefficient (Wildman–Crippen LogP) is 3.02. The van der Waals surface area contributed by atoms with Gasteiger partial charge >= 0.3 is 5.97 Å². The van der Waals surface area contributed by atoms with Crippen LogP contribution in [0.1, 0.15) is 16.8 Å². The van der Waals surface area contributed by atoms with Gasteiger partial charge in [-0.15, -0.1) is 0 Å². The number of esters is 1. The molecule has 0 aliphatic heterocycles. The molecule has 7 nitrogen and oxygen atoms in total. The van der Waals surface area contributed by atoms with Crippen LogP contribution in [0.5, 0.6) is 11.5 Å². The standard InChI is InChI=1S/C20H20N2O5S/c1-25-14-6-4-13(5-7-14)19(24)21-20-22(11-10-18(23)27-3)16-9-8-15(26-2)12-17(16)28-20/h4-9,12H,10-11H2,1-3H3. The van der Waals surface area contributed by atoms with Gasteiger partial charge in [-0.1, -0.05) is 11.3 Å². The van der Waals surface area contributed by atoms with E-state index in [2.05, 4.69) is 4.99 Å². The number of ether oxygens (including phenoxy) is 3. The summed E-state index contributed by atoms with van der Waals surface area (Å²) in [6, 6.07) is 12.4. The third-order valence-electron chi connectivity index (χ3n) is 4.19. The highest BCUT2D eigenvalue weighted by molar-refractivity contribution is 7.16. The Hall–Kier alpha value is -3.13. The first-order valence-corrected chi connectivity index (χ1v) is 9.34. The van der Waals surface area contributed by atoms with Gasteiger partial charge in [-0.3, -0.25) is 9.59 Å². The maximum Gasteiger partial charge on any atom is 0.307 e. The first-order valence-electron chi connectivity index (χ1n) is 8.53. The van der Waals surface area contributed by atoms with E-state index in [1.54, 1.807) is 38.5 Å². The van der Waals surface area contributed by atoms with Gasteiger partial charge in [-0.05, 0) is 42.5 Å². The molecule has 2 aromatic carbocycles. The number of thiazole rings is 1. The third kappa shape index (κ3) is 4.23. The number of methoxy groups -OCH3 is 3.